The van der Waals surface area contributed by atoms with Crippen LogP contribution in [0.2, 0.25) is 5.02 Å². The SMILES string of the molecule is C[C@@H](OC[C@H](O)CN1CCN(c2ccccc2[N+](=O)[O-])CC1)c1ccc(Cl)cc1. The van der Waals surface area contributed by atoms with Crippen LogP contribution in [0.3, 0.4) is 0 Å². The molecule has 0 aliphatic carbocycles. The van der Waals surface area contributed by atoms with Gasteiger partial charge < -0.3 is 14.7 Å². The number of hydrogen-bond acceptors (Lipinski definition) is 6. The van der Waals surface area contributed by atoms with Gasteiger partial charge in [-0.05, 0) is 30.7 Å². The molecule has 7 nitrogen and oxygen atoms in total. The number of nitro benzene ring substituents is 1. The lowest BCUT2D eigenvalue weighted by molar-refractivity contribution is -0.384. The van der Waals surface area contributed by atoms with E-state index in [1.165, 1.54) is 6.07 Å². The van der Waals surface area contributed by atoms with E-state index in [1.807, 2.05) is 42.2 Å². The molecule has 1 aliphatic rings. The van der Waals surface area contributed by atoms with Gasteiger partial charge in [0.2, 0.25) is 0 Å². The first kappa shape index (κ1) is 21.5. The molecule has 0 unspecified atom stereocenters. The highest BCUT2D eigenvalue weighted by molar-refractivity contribution is 6.30. The Morgan fingerprint density at radius 1 is 1.14 bits per heavy atom. The van der Waals surface area contributed by atoms with Crippen LogP contribution in [-0.2, 0) is 4.74 Å². The summed E-state index contributed by atoms with van der Waals surface area (Å²) >= 11 is 5.90. The standard InChI is InChI=1S/C21H26ClN3O4/c1-16(17-6-8-18(22)9-7-17)29-15-19(26)14-23-10-12-24(13-11-23)20-4-2-3-5-21(20)25(27)28/h2-9,16,19,26H,10-15H2,1H3/t16-,19-/m1/s1. The molecule has 1 aliphatic heterocycles. The molecule has 0 spiro atoms. The Labute approximate surface area is 175 Å². The molecule has 156 valence electrons. The summed E-state index contributed by atoms with van der Waals surface area (Å²) in [7, 11) is 0. The maximum atomic E-state index is 11.2. The van der Waals surface area contributed by atoms with Crippen LogP contribution >= 0.6 is 11.6 Å². The van der Waals surface area contributed by atoms with E-state index in [4.69, 9.17) is 16.3 Å². The van der Waals surface area contributed by atoms with Gasteiger partial charge in [-0.15, -0.1) is 0 Å². The van der Waals surface area contributed by atoms with E-state index in [2.05, 4.69) is 4.90 Å². The molecule has 2 aromatic carbocycles. The first-order chi connectivity index (χ1) is 13.9. The van der Waals surface area contributed by atoms with Crippen LogP contribution < -0.4 is 4.90 Å². The second kappa shape index (κ2) is 10.0. The molecule has 29 heavy (non-hydrogen) atoms. The number of para-hydroxylation sites is 2. The van der Waals surface area contributed by atoms with Gasteiger partial charge in [0, 0.05) is 43.8 Å². The smallest absolute Gasteiger partial charge is 0.292 e. The molecule has 8 heteroatoms. The van der Waals surface area contributed by atoms with E-state index in [9.17, 15) is 15.2 Å². The minimum atomic E-state index is -0.595. The molecule has 0 bridgehead atoms. The molecule has 1 heterocycles. The van der Waals surface area contributed by atoms with Crippen molar-refractivity contribution in [2.75, 3.05) is 44.2 Å². The van der Waals surface area contributed by atoms with Gasteiger partial charge in [0.25, 0.3) is 5.69 Å². The number of β-amino-alcohol motifs (C(OH)–C–C–N with tert-alkyl or cyclic N) is 1. The van der Waals surface area contributed by atoms with Crippen molar-refractivity contribution in [2.24, 2.45) is 0 Å². The first-order valence-electron chi connectivity index (χ1n) is 9.70. The van der Waals surface area contributed by atoms with Gasteiger partial charge in [-0.2, -0.15) is 0 Å². The van der Waals surface area contributed by atoms with Crippen molar-refractivity contribution in [1.29, 1.82) is 0 Å². The number of halogens is 1. The Morgan fingerprint density at radius 3 is 2.45 bits per heavy atom. The molecule has 1 N–H and O–H groups in total. The van der Waals surface area contributed by atoms with E-state index < -0.39 is 6.10 Å². The van der Waals surface area contributed by atoms with E-state index in [0.29, 0.717) is 30.3 Å². The van der Waals surface area contributed by atoms with E-state index in [1.54, 1.807) is 12.1 Å². The number of anilines is 1. The van der Waals surface area contributed by atoms with Gasteiger partial charge >= 0.3 is 0 Å². The molecular formula is C21H26ClN3O4. The zero-order valence-corrected chi connectivity index (χ0v) is 17.2. The van der Waals surface area contributed by atoms with Gasteiger partial charge in [0.05, 0.1) is 23.7 Å². The number of nitrogens with zero attached hydrogens (tertiary/aromatic N) is 3. The maximum absolute atomic E-state index is 11.2. The zero-order valence-electron chi connectivity index (χ0n) is 16.4. The molecule has 2 atom stereocenters. The highest BCUT2D eigenvalue weighted by Crippen LogP contribution is 2.28. The second-order valence-electron chi connectivity index (χ2n) is 7.21. The Morgan fingerprint density at radius 2 is 1.79 bits per heavy atom. The van der Waals surface area contributed by atoms with Crippen molar-refractivity contribution in [2.45, 2.75) is 19.1 Å². The van der Waals surface area contributed by atoms with Gasteiger partial charge in [0.1, 0.15) is 5.69 Å². The fourth-order valence-electron chi connectivity index (χ4n) is 3.49. The minimum absolute atomic E-state index is 0.127. The Balaban J connectivity index is 1.44. The van der Waals surface area contributed by atoms with Crippen molar-refractivity contribution < 1.29 is 14.8 Å². The van der Waals surface area contributed by atoms with Gasteiger partial charge in [-0.1, -0.05) is 35.9 Å². The van der Waals surface area contributed by atoms with Crippen molar-refractivity contribution >= 4 is 23.0 Å². The molecule has 1 saturated heterocycles. The van der Waals surface area contributed by atoms with Crippen LogP contribution in [-0.4, -0.2) is 60.4 Å². The third-order valence-corrected chi connectivity index (χ3v) is 5.39. The summed E-state index contributed by atoms with van der Waals surface area (Å²) in [5, 5.41) is 22.3. The largest absolute Gasteiger partial charge is 0.389 e. The molecule has 3 rings (SSSR count). The van der Waals surface area contributed by atoms with Gasteiger partial charge in [0.15, 0.2) is 0 Å². The summed E-state index contributed by atoms with van der Waals surface area (Å²) < 4.78 is 5.80. The van der Waals surface area contributed by atoms with E-state index >= 15 is 0 Å². The van der Waals surface area contributed by atoms with E-state index in [0.717, 1.165) is 18.7 Å². The topological polar surface area (TPSA) is 79.1 Å². The number of benzene rings is 2. The van der Waals surface area contributed by atoms with Gasteiger partial charge in [-0.3, -0.25) is 15.0 Å². The molecular weight excluding hydrogens is 394 g/mol. The summed E-state index contributed by atoms with van der Waals surface area (Å²) in [6.07, 6.45) is -0.722. The maximum Gasteiger partial charge on any atom is 0.292 e. The summed E-state index contributed by atoms with van der Waals surface area (Å²) in [5.74, 6) is 0. The quantitative estimate of drug-likeness (QED) is 0.521. The zero-order chi connectivity index (χ0) is 20.8. The number of aliphatic hydroxyl groups excluding tert-OH is 1. The fourth-order valence-corrected chi connectivity index (χ4v) is 3.62. The number of rotatable bonds is 8. The van der Waals surface area contributed by atoms with Crippen molar-refractivity contribution in [3.05, 3.63) is 69.2 Å². The predicted octanol–water partition coefficient (Wildman–Crippen LogP) is 3.51. The first-order valence-corrected chi connectivity index (χ1v) is 10.1. The monoisotopic (exact) mass is 419 g/mol. The van der Waals surface area contributed by atoms with Gasteiger partial charge in [-0.25, -0.2) is 0 Å². The number of hydrogen-bond donors (Lipinski definition) is 1. The average molecular weight is 420 g/mol. The van der Waals surface area contributed by atoms with Crippen LogP contribution in [0.25, 0.3) is 0 Å². The van der Waals surface area contributed by atoms with Crippen LogP contribution in [0, 0.1) is 10.1 Å². The second-order valence-corrected chi connectivity index (χ2v) is 7.65. The number of aliphatic hydroxyl groups is 1. The number of ether oxygens (including phenoxy) is 1. The van der Waals surface area contributed by atoms with Crippen molar-refractivity contribution in [3.63, 3.8) is 0 Å². The molecule has 1 fully saturated rings. The Hall–Kier alpha value is -2.19. The highest BCUT2D eigenvalue weighted by atomic mass is 35.5. The number of piperazine rings is 1. The molecule has 0 radical (unpaired) electrons. The molecule has 2 aromatic rings. The molecule has 0 saturated carbocycles. The average Bonchev–Trinajstić information content (AvgIpc) is 2.73. The van der Waals surface area contributed by atoms with Crippen LogP contribution in [0.4, 0.5) is 11.4 Å². The lowest BCUT2D eigenvalue weighted by Crippen LogP contribution is -2.49. The van der Waals surface area contributed by atoms with E-state index in [-0.39, 0.29) is 23.3 Å². The fraction of sp³-hybridized carbons (Fsp3) is 0.429. The molecule has 0 amide bonds. The Bertz CT molecular complexity index is 810. The minimum Gasteiger partial charge on any atom is -0.389 e. The summed E-state index contributed by atoms with van der Waals surface area (Å²) in [4.78, 5) is 15.1. The lowest BCUT2D eigenvalue weighted by atomic mass is 10.1. The predicted molar refractivity (Wildman–Crippen MR) is 114 cm³/mol. The number of nitro groups is 1. The van der Waals surface area contributed by atoms with Crippen LogP contribution in [0.15, 0.2) is 48.5 Å². The highest BCUT2D eigenvalue weighted by Gasteiger charge is 2.24. The van der Waals surface area contributed by atoms with Crippen molar-refractivity contribution in [3.8, 4) is 0 Å². The Kier molecular flexibility index (Phi) is 7.44. The molecule has 0 aromatic heterocycles. The summed E-state index contributed by atoms with van der Waals surface area (Å²) in [6, 6.07) is 14.3. The third kappa shape index (κ3) is 5.90. The summed E-state index contributed by atoms with van der Waals surface area (Å²) in [6.45, 7) is 5.53. The third-order valence-electron chi connectivity index (χ3n) is 5.14. The summed E-state index contributed by atoms with van der Waals surface area (Å²) in [5.41, 5.74) is 1.79. The normalized spacial score (nSPS) is 17.1. The van der Waals surface area contributed by atoms with Crippen LogP contribution in [0.1, 0.15) is 18.6 Å². The van der Waals surface area contributed by atoms with Crippen LogP contribution in [0.5, 0.6) is 0 Å². The lowest BCUT2D eigenvalue weighted by Gasteiger charge is -2.36. The van der Waals surface area contributed by atoms with Crippen molar-refractivity contribution in [1.82, 2.24) is 4.90 Å².